The molecular formula is C13H34O2. The third kappa shape index (κ3) is 4260. The average Bonchev–Trinajstić information content (AvgIpc) is 2.24. The van der Waals surface area contributed by atoms with Crippen molar-refractivity contribution in [1.29, 1.82) is 0 Å². The molecule has 0 aromatic rings. The Bertz CT molecular complexity index is 41.8. The molecule has 0 rings (SSSR count). The van der Waals surface area contributed by atoms with Gasteiger partial charge in [-0.25, -0.2) is 0 Å². The lowest BCUT2D eigenvalue weighted by Gasteiger charge is -1.76. The van der Waals surface area contributed by atoms with E-state index in [1.165, 1.54) is 6.42 Å². The number of allylic oxidation sites excluding steroid dienone is 1. The van der Waals surface area contributed by atoms with Gasteiger partial charge in [0.1, 0.15) is 0 Å². The van der Waals surface area contributed by atoms with Crippen LogP contribution in [0.4, 0.5) is 0 Å². The first-order valence-corrected chi connectivity index (χ1v) is 5.62. The Morgan fingerprint density at radius 3 is 1.07 bits per heavy atom. The number of rotatable bonds is 1. The van der Waals surface area contributed by atoms with Gasteiger partial charge in [-0.3, -0.25) is 0 Å². The summed E-state index contributed by atoms with van der Waals surface area (Å²) in [7, 11) is 4.93. The lowest BCUT2D eigenvalue weighted by molar-refractivity contribution is 0.215. The quantitative estimate of drug-likeness (QED) is 0.606. The first-order valence-electron chi connectivity index (χ1n) is 5.62. The Morgan fingerprint density at radius 1 is 1.00 bits per heavy atom. The summed E-state index contributed by atoms with van der Waals surface area (Å²) in [5, 5.41) is 0. The van der Waals surface area contributed by atoms with E-state index in [9.17, 15) is 0 Å². The maximum atomic E-state index is 4.54. The zero-order valence-electron chi connectivity index (χ0n) is 12.5. The van der Waals surface area contributed by atoms with Gasteiger partial charge in [0.2, 0.25) is 0 Å². The summed E-state index contributed by atoms with van der Waals surface area (Å²) >= 11 is 0. The van der Waals surface area contributed by atoms with Gasteiger partial charge in [-0.05, 0) is 13.8 Å². The van der Waals surface area contributed by atoms with Gasteiger partial charge in [-0.2, -0.15) is 0 Å². The molecule has 0 saturated heterocycles. The van der Waals surface area contributed by atoms with E-state index < -0.39 is 0 Å². The van der Waals surface area contributed by atoms with Crippen LogP contribution in [0.15, 0.2) is 12.7 Å². The van der Waals surface area contributed by atoms with Gasteiger partial charge < -0.3 is 9.47 Å². The Hall–Kier alpha value is -0.340. The van der Waals surface area contributed by atoms with Gasteiger partial charge in [-0.1, -0.05) is 40.2 Å². The van der Waals surface area contributed by atoms with E-state index in [2.05, 4.69) is 29.9 Å². The minimum atomic E-state index is 0.819. The van der Waals surface area contributed by atoms with Gasteiger partial charge in [0.05, 0.1) is 0 Å². The topological polar surface area (TPSA) is 18.5 Å². The molecule has 0 aliphatic rings. The summed E-state index contributed by atoms with van der Waals surface area (Å²) in [5.74, 6) is 0. The highest BCUT2D eigenvalue weighted by Gasteiger charge is 1.51. The molecule has 0 radical (unpaired) electrons. The van der Waals surface area contributed by atoms with Crippen molar-refractivity contribution in [3.8, 4) is 0 Å². The fourth-order valence-corrected chi connectivity index (χ4v) is 0. The molecule has 0 aromatic carbocycles. The van der Waals surface area contributed by atoms with Gasteiger partial charge in [0.25, 0.3) is 0 Å². The second-order valence-corrected chi connectivity index (χ2v) is 2.10. The third-order valence-electron chi connectivity index (χ3n) is 0.289. The summed E-state index contributed by atoms with van der Waals surface area (Å²) in [6.07, 6.45) is 3.00. The second kappa shape index (κ2) is 101. The van der Waals surface area contributed by atoms with Crippen molar-refractivity contribution in [2.24, 2.45) is 0 Å². The van der Waals surface area contributed by atoms with Crippen LogP contribution in [0.25, 0.3) is 0 Å². The van der Waals surface area contributed by atoms with Crippen LogP contribution in [0.3, 0.4) is 0 Å². The van der Waals surface area contributed by atoms with Crippen molar-refractivity contribution in [2.45, 2.75) is 48.0 Å². The van der Waals surface area contributed by atoms with Crippen LogP contribution in [-0.2, 0) is 9.47 Å². The molecule has 0 amide bonds. The summed E-state index contributed by atoms with van der Waals surface area (Å²) in [6, 6.07) is 0. The molecule has 15 heavy (non-hydrogen) atoms. The van der Waals surface area contributed by atoms with Gasteiger partial charge in [0, 0.05) is 27.9 Å². The van der Waals surface area contributed by atoms with Crippen molar-refractivity contribution in [3.05, 3.63) is 12.7 Å². The van der Waals surface area contributed by atoms with Gasteiger partial charge >= 0.3 is 0 Å². The highest BCUT2D eigenvalue weighted by Crippen LogP contribution is 1.56. The Labute approximate surface area is 98.7 Å². The van der Waals surface area contributed by atoms with E-state index in [1.807, 2.05) is 27.7 Å². The summed E-state index contributed by atoms with van der Waals surface area (Å²) < 4.78 is 8.79. The third-order valence-corrected chi connectivity index (χ3v) is 0.289. The minimum Gasteiger partial charge on any atom is -0.388 e. The largest absolute Gasteiger partial charge is 0.388 e. The van der Waals surface area contributed by atoms with Crippen LogP contribution < -0.4 is 0 Å². The number of methoxy groups -OCH3 is 2. The highest BCUT2D eigenvalue weighted by atomic mass is 16.5. The lowest BCUT2D eigenvalue weighted by Crippen LogP contribution is -1.73. The standard InChI is InChI=1S/C3H8O.C3H8.C3H6.C2H6O.C2H6/c1-3-4-2;3*1-3-2;1-2/h3H2,1-2H3;3H2,1-2H3;3H,1H2,2H3;1-2H3;1-2H3. The monoisotopic (exact) mass is 222 g/mol. The number of hydrogen-bond acceptors (Lipinski definition) is 2. The molecule has 0 spiro atoms. The highest BCUT2D eigenvalue weighted by molar-refractivity contribution is 4.51. The Kier molecular flexibility index (Phi) is 197. The molecule has 2 heteroatoms. The first-order chi connectivity index (χ1) is 7.16. The SMILES string of the molecule is C=CC.CC.CCC.CCOC.COC. The molecule has 0 unspecified atom stereocenters. The van der Waals surface area contributed by atoms with Crippen LogP contribution in [0, 0.1) is 0 Å². The van der Waals surface area contributed by atoms with Crippen LogP contribution in [0.5, 0.6) is 0 Å². The van der Waals surface area contributed by atoms with E-state index in [1.54, 1.807) is 27.4 Å². The predicted octanol–water partition coefficient (Wildman–Crippen LogP) is 4.55. The minimum absolute atomic E-state index is 0.819. The van der Waals surface area contributed by atoms with Crippen molar-refractivity contribution < 1.29 is 9.47 Å². The molecule has 0 fully saturated rings. The van der Waals surface area contributed by atoms with Crippen molar-refractivity contribution in [3.63, 3.8) is 0 Å². The fourth-order valence-electron chi connectivity index (χ4n) is 0. The molecular weight excluding hydrogens is 188 g/mol. The van der Waals surface area contributed by atoms with Crippen molar-refractivity contribution in [1.82, 2.24) is 0 Å². The maximum Gasteiger partial charge on any atom is 0.0433 e. The molecule has 0 aliphatic heterocycles. The lowest BCUT2D eigenvalue weighted by atomic mass is 10.6. The van der Waals surface area contributed by atoms with Crippen LogP contribution in [0.2, 0.25) is 0 Å². The van der Waals surface area contributed by atoms with Gasteiger partial charge in [0.15, 0.2) is 0 Å². The van der Waals surface area contributed by atoms with E-state index in [0.717, 1.165) is 6.61 Å². The van der Waals surface area contributed by atoms with Crippen LogP contribution in [0.1, 0.15) is 48.0 Å². The molecule has 0 saturated carbocycles. The normalized spacial score (nSPS) is 5.67. The number of hydrogen-bond donors (Lipinski definition) is 0. The molecule has 0 aromatic heterocycles. The van der Waals surface area contributed by atoms with E-state index in [0.29, 0.717) is 0 Å². The smallest absolute Gasteiger partial charge is 0.0433 e. The van der Waals surface area contributed by atoms with Crippen molar-refractivity contribution >= 4 is 0 Å². The first kappa shape index (κ1) is 29.3. The summed E-state index contributed by atoms with van der Waals surface area (Å²) in [5.41, 5.74) is 0. The number of ether oxygens (including phenoxy) is 2. The zero-order valence-corrected chi connectivity index (χ0v) is 12.5. The molecule has 2 nitrogen and oxygen atoms in total. The molecule has 0 N–H and O–H groups in total. The molecule has 0 aliphatic carbocycles. The van der Waals surface area contributed by atoms with E-state index in [-0.39, 0.29) is 0 Å². The average molecular weight is 222 g/mol. The van der Waals surface area contributed by atoms with Gasteiger partial charge in [-0.15, -0.1) is 6.58 Å². The molecule has 98 valence electrons. The fraction of sp³-hybridized carbons (Fsp3) is 0.846. The van der Waals surface area contributed by atoms with Crippen molar-refractivity contribution in [2.75, 3.05) is 27.9 Å². The zero-order chi connectivity index (χ0) is 13.5. The van der Waals surface area contributed by atoms with Crippen LogP contribution in [-0.4, -0.2) is 27.9 Å². The van der Waals surface area contributed by atoms with E-state index >= 15 is 0 Å². The van der Waals surface area contributed by atoms with E-state index in [4.69, 9.17) is 0 Å². The maximum absolute atomic E-state index is 4.54. The summed E-state index contributed by atoms with van der Waals surface area (Å²) in [6.45, 7) is 16.3. The molecule has 0 bridgehead atoms. The Morgan fingerprint density at radius 2 is 1.07 bits per heavy atom. The molecule has 0 heterocycles. The molecule has 0 atom stereocenters. The Balaban J connectivity index is -0.0000000283. The predicted molar refractivity (Wildman–Crippen MR) is 73.7 cm³/mol. The van der Waals surface area contributed by atoms with Crippen LogP contribution >= 0.6 is 0 Å². The summed E-state index contributed by atoms with van der Waals surface area (Å²) in [4.78, 5) is 0. The second-order valence-electron chi connectivity index (χ2n) is 2.10.